The smallest absolute Gasteiger partial charge is 0.337 e. The number of carboxylic acid groups (broad SMARTS) is 1. The van der Waals surface area contributed by atoms with Gasteiger partial charge < -0.3 is 10.0 Å². The van der Waals surface area contributed by atoms with E-state index in [0.29, 0.717) is 18.8 Å². The molecule has 0 bridgehead atoms. The maximum absolute atomic E-state index is 10.8. The summed E-state index contributed by atoms with van der Waals surface area (Å²) < 4.78 is 0. The van der Waals surface area contributed by atoms with Crippen LogP contribution in [-0.2, 0) is 0 Å². The number of nitrogens with zero attached hydrogens (tertiary/aromatic N) is 2. The zero-order chi connectivity index (χ0) is 12.1. The molecule has 1 heterocycles. The van der Waals surface area contributed by atoms with Crippen LogP contribution in [0.3, 0.4) is 0 Å². The summed E-state index contributed by atoms with van der Waals surface area (Å²) in [6.45, 7) is 0.615. The molecule has 84 valence electrons. The Balaban J connectivity index is 2.94. The highest BCUT2D eigenvalue weighted by atomic mass is 35.5. The first-order chi connectivity index (χ1) is 7.56. The number of carbonyl (C=O) groups is 1. The average molecular weight is 239 g/mol. The molecule has 0 aliphatic carbocycles. The van der Waals surface area contributed by atoms with Gasteiger partial charge in [-0.1, -0.05) is 11.6 Å². The van der Waals surface area contributed by atoms with Gasteiger partial charge in [-0.05, 0) is 6.07 Å². The second-order valence-electron chi connectivity index (χ2n) is 3.20. The van der Waals surface area contributed by atoms with Crippen molar-refractivity contribution in [3.63, 3.8) is 0 Å². The number of hydrogen-bond donors (Lipinski definition) is 1. The lowest BCUT2D eigenvalue weighted by atomic mass is 10.2. The van der Waals surface area contributed by atoms with Crippen molar-refractivity contribution in [1.82, 2.24) is 4.98 Å². The molecule has 4 nitrogen and oxygen atoms in total. The number of halogens is 1. The van der Waals surface area contributed by atoms with Crippen LogP contribution in [0.5, 0.6) is 0 Å². The van der Waals surface area contributed by atoms with Gasteiger partial charge in [0.2, 0.25) is 0 Å². The first kappa shape index (κ1) is 12.3. The van der Waals surface area contributed by atoms with Gasteiger partial charge in [0, 0.05) is 26.2 Å². The molecule has 1 aromatic rings. The highest BCUT2D eigenvalue weighted by Gasteiger charge is 2.12. The van der Waals surface area contributed by atoms with Crippen LogP contribution in [-0.4, -0.2) is 29.7 Å². The molecule has 5 heteroatoms. The quantitative estimate of drug-likeness (QED) is 0.814. The number of aromatic nitrogens is 1. The summed E-state index contributed by atoms with van der Waals surface area (Å²) in [5.74, 6) is 1.97. The van der Waals surface area contributed by atoms with Gasteiger partial charge >= 0.3 is 5.97 Å². The summed E-state index contributed by atoms with van der Waals surface area (Å²) in [7, 11) is 1.79. The van der Waals surface area contributed by atoms with Gasteiger partial charge in [-0.2, -0.15) is 0 Å². The second-order valence-corrected chi connectivity index (χ2v) is 3.61. The van der Waals surface area contributed by atoms with Crippen molar-refractivity contribution in [2.45, 2.75) is 6.42 Å². The molecule has 0 amide bonds. The molecule has 0 spiro atoms. The molecule has 0 aromatic carbocycles. The Morgan fingerprint density at radius 1 is 1.75 bits per heavy atom. The van der Waals surface area contributed by atoms with Gasteiger partial charge in [0.25, 0.3) is 0 Å². The van der Waals surface area contributed by atoms with Crippen LogP contribution < -0.4 is 4.90 Å². The van der Waals surface area contributed by atoms with Gasteiger partial charge in [-0.25, -0.2) is 9.78 Å². The third-order valence-corrected chi connectivity index (χ3v) is 2.36. The molecule has 0 radical (unpaired) electrons. The molecule has 16 heavy (non-hydrogen) atoms. The van der Waals surface area contributed by atoms with Crippen molar-refractivity contribution in [2.24, 2.45) is 0 Å². The number of aromatic carboxylic acids is 1. The maximum Gasteiger partial charge on any atom is 0.337 e. The zero-order valence-electron chi connectivity index (χ0n) is 8.77. The molecule has 1 aromatic heterocycles. The lowest BCUT2D eigenvalue weighted by Gasteiger charge is -2.17. The molecule has 0 aliphatic heterocycles. The Hall–Kier alpha value is -1.73. The number of anilines is 1. The molecule has 0 saturated carbocycles. The molecule has 0 fully saturated rings. The normalized spacial score (nSPS) is 9.56. The van der Waals surface area contributed by atoms with Gasteiger partial charge in [0.1, 0.15) is 5.82 Å². The van der Waals surface area contributed by atoms with Crippen LogP contribution in [0.15, 0.2) is 12.3 Å². The molecule has 0 saturated heterocycles. The third-order valence-electron chi connectivity index (χ3n) is 2.05. The molecular weight excluding hydrogens is 228 g/mol. The fourth-order valence-electron chi connectivity index (χ4n) is 1.15. The highest BCUT2D eigenvalue weighted by Crippen LogP contribution is 2.19. The van der Waals surface area contributed by atoms with E-state index in [1.54, 1.807) is 11.9 Å². The molecule has 1 N–H and O–H groups in total. The van der Waals surface area contributed by atoms with E-state index in [1.807, 2.05) is 0 Å². The standard InChI is InChI=1S/C11H11ClN2O2/c1-3-4-5-14(2)10-6-8(11(15)16)9(12)7-13-10/h1,6-7H,4-5H2,2H3,(H,15,16). The topological polar surface area (TPSA) is 53.4 Å². The van der Waals surface area contributed by atoms with Crippen LogP contribution in [0.1, 0.15) is 16.8 Å². The monoisotopic (exact) mass is 238 g/mol. The lowest BCUT2D eigenvalue weighted by Crippen LogP contribution is -2.19. The molecule has 0 atom stereocenters. The Labute approximate surface area is 98.9 Å². The van der Waals surface area contributed by atoms with Crippen LogP contribution in [0, 0.1) is 12.3 Å². The number of carboxylic acids is 1. The lowest BCUT2D eigenvalue weighted by molar-refractivity contribution is 0.0697. The predicted octanol–water partition coefficient (Wildman–Crippen LogP) is 1.89. The van der Waals surface area contributed by atoms with E-state index in [9.17, 15) is 4.79 Å². The van der Waals surface area contributed by atoms with E-state index in [4.69, 9.17) is 23.1 Å². The zero-order valence-corrected chi connectivity index (χ0v) is 9.53. The van der Waals surface area contributed by atoms with Gasteiger partial charge in [0.05, 0.1) is 10.6 Å². The van der Waals surface area contributed by atoms with E-state index < -0.39 is 5.97 Å². The fourth-order valence-corrected chi connectivity index (χ4v) is 1.33. The SMILES string of the molecule is C#CCCN(C)c1cc(C(=O)O)c(Cl)cn1. The van der Waals surface area contributed by atoms with Gasteiger partial charge in [-0.3, -0.25) is 0 Å². The van der Waals surface area contributed by atoms with Crippen LogP contribution in [0.2, 0.25) is 5.02 Å². The maximum atomic E-state index is 10.8. The van der Waals surface area contributed by atoms with E-state index in [-0.39, 0.29) is 10.6 Å². The van der Waals surface area contributed by atoms with Crippen molar-refractivity contribution in [1.29, 1.82) is 0 Å². The van der Waals surface area contributed by atoms with Crippen LogP contribution >= 0.6 is 11.6 Å². The summed E-state index contributed by atoms with van der Waals surface area (Å²) in [4.78, 5) is 16.7. The summed E-state index contributed by atoms with van der Waals surface area (Å²) in [6.07, 6.45) is 7.04. The minimum atomic E-state index is -1.07. The van der Waals surface area contributed by atoms with E-state index in [2.05, 4.69) is 10.9 Å². The Kier molecular flexibility index (Phi) is 4.15. The molecule has 1 rings (SSSR count). The summed E-state index contributed by atoms with van der Waals surface area (Å²) in [6, 6.07) is 1.43. The largest absolute Gasteiger partial charge is 0.478 e. The minimum absolute atomic E-state index is 0.0409. The average Bonchev–Trinajstić information content (AvgIpc) is 2.26. The van der Waals surface area contributed by atoms with Crippen molar-refractivity contribution < 1.29 is 9.90 Å². The fraction of sp³-hybridized carbons (Fsp3) is 0.273. The van der Waals surface area contributed by atoms with E-state index in [0.717, 1.165) is 0 Å². The number of hydrogen-bond acceptors (Lipinski definition) is 3. The Morgan fingerprint density at radius 3 is 3.00 bits per heavy atom. The highest BCUT2D eigenvalue weighted by molar-refractivity contribution is 6.33. The summed E-state index contributed by atoms with van der Waals surface area (Å²) >= 11 is 5.71. The molecule has 0 aliphatic rings. The molecular formula is C11H11ClN2O2. The number of pyridine rings is 1. The minimum Gasteiger partial charge on any atom is -0.478 e. The summed E-state index contributed by atoms with van der Waals surface area (Å²) in [5, 5.41) is 9.01. The first-order valence-electron chi connectivity index (χ1n) is 4.59. The molecule has 0 unspecified atom stereocenters. The summed E-state index contributed by atoms with van der Waals surface area (Å²) in [5.41, 5.74) is 0.0409. The third kappa shape index (κ3) is 2.88. The number of terminal acetylenes is 1. The first-order valence-corrected chi connectivity index (χ1v) is 4.97. The van der Waals surface area contributed by atoms with Crippen molar-refractivity contribution in [3.05, 3.63) is 22.8 Å². The van der Waals surface area contributed by atoms with Gasteiger partial charge in [0.15, 0.2) is 0 Å². The van der Waals surface area contributed by atoms with Crippen LogP contribution in [0.25, 0.3) is 0 Å². The Morgan fingerprint density at radius 2 is 2.44 bits per heavy atom. The van der Waals surface area contributed by atoms with E-state index in [1.165, 1.54) is 12.3 Å². The predicted molar refractivity (Wildman–Crippen MR) is 62.9 cm³/mol. The number of rotatable bonds is 4. The second kappa shape index (κ2) is 5.38. The van der Waals surface area contributed by atoms with E-state index >= 15 is 0 Å². The van der Waals surface area contributed by atoms with Crippen molar-refractivity contribution in [3.8, 4) is 12.3 Å². The van der Waals surface area contributed by atoms with Crippen molar-refractivity contribution >= 4 is 23.4 Å². The van der Waals surface area contributed by atoms with Crippen molar-refractivity contribution in [2.75, 3.05) is 18.5 Å². The Bertz CT molecular complexity index is 440. The van der Waals surface area contributed by atoms with Gasteiger partial charge in [-0.15, -0.1) is 12.3 Å². The van der Waals surface area contributed by atoms with Crippen LogP contribution in [0.4, 0.5) is 5.82 Å².